The topological polar surface area (TPSA) is 58.6 Å². The lowest BCUT2D eigenvalue weighted by molar-refractivity contribution is -0.132. The first-order chi connectivity index (χ1) is 9.28. The van der Waals surface area contributed by atoms with Crippen molar-refractivity contribution >= 4 is 12.0 Å². The molecule has 1 rings (SSSR count). The van der Waals surface area contributed by atoms with Crippen LogP contribution in [0.4, 0.5) is 4.79 Å². The summed E-state index contributed by atoms with van der Waals surface area (Å²) >= 11 is 0. The summed E-state index contributed by atoms with van der Waals surface area (Å²) < 4.78 is 5.19. The van der Waals surface area contributed by atoms with Gasteiger partial charge < -0.3 is 15.0 Å². The molecule has 0 radical (unpaired) electrons. The second-order valence-corrected chi connectivity index (χ2v) is 6.53. The highest BCUT2D eigenvalue weighted by Gasteiger charge is 2.20. The van der Waals surface area contributed by atoms with Crippen LogP contribution in [0, 0.1) is 0 Å². The zero-order valence-electron chi connectivity index (χ0n) is 13.2. The van der Waals surface area contributed by atoms with E-state index in [0.29, 0.717) is 12.8 Å². The molecule has 1 heterocycles. The fourth-order valence-electron chi connectivity index (χ4n) is 2.22. The van der Waals surface area contributed by atoms with Gasteiger partial charge in [0.05, 0.1) is 0 Å². The van der Waals surface area contributed by atoms with Crippen LogP contribution in [0.1, 0.15) is 59.8 Å². The molecule has 20 heavy (non-hydrogen) atoms. The second-order valence-electron chi connectivity index (χ2n) is 6.53. The van der Waals surface area contributed by atoms with Gasteiger partial charge in [-0.1, -0.05) is 0 Å². The van der Waals surface area contributed by atoms with Gasteiger partial charge in [-0.05, 0) is 53.4 Å². The lowest BCUT2D eigenvalue weighted by Crippen LogP contribution is -2.39. The average Bonchev–Trinajstić information content (AvgIpc) is 2.34. The van der Waals surface area contributed by atoms with Crippen molar-refractivity contribution in [2.24, 2.45) is 0 Å². The summed E-state index contributed by atoms with van der Waals surface area (Å²) in [5.41, 5.74) is -0.493. The number of amides is 2. The number of alkyl carbamates (subject to hydrolysis) is 1. The molecular weight excluding hydrogens is 256 g/mol. The Morgan fingerprint density at radius 1 is 1.20 bits per heavy atom. The molecule has 0 aromatic rings. The molecule has 5 nitrogen and oxygen atoms in total. The number of carbonyl (C=O) groups is 2. The van der Waals surface area contributed by atoms with Crippen molar-refractivity contribution in [2.75, 3.05) is 13.1 Å². The number of hydrogen-bond donors (Lipinski definition) is 1. The van der Waals surface area contributed by atoms with E-state index in [9.17, 15) is 9.59 Å². The number of carbonyl (C=O) groups excluding carboxylic acids is 2. The van der Waals surface area contributed by atoms with E-state index >= 15 is 0 Å². The van der Waals surface area contributed by atoms with Crippen molar-refractivity contribution in [2.45, 2.75) is 71.4 Å². The van der Waals surface area contributed by atoms with Gasteiger partial charge in [0.25, 0.3) is 0 Å². The molecule has 0 aliphatic carbocycles. The highest BCUT2D eigenvalue weighted by atomic mass is 16.6. The Labute approximate surface area is 122 Å². The lowest BCUT2D eigenvalue weighted by Gasteiger charge is -2.27. The lowest BCUT2D eigenvalue weighted by atomic mass is 10.1. The first-order valence-electron chi connectivity index (χ1n) is 7.55. The van der Waals surface area contributed by atoms with Crippen LogP contribution in [0.5, 0.6) is 0 Å². The quantitative estimate of drug-likeness (QED) is 0.863. The van der Waals surface area contributed by atoms with Gasteiger partial charge in [0.15, 0.2) is 0 Å². The first kappa shape index (κ1) is 16.8. The molecular formula is C15H28N2O3. The largest absolute Gasteiger partial charge is 0.444 e. The summed E-state index contributed by atoms with van der Waals surface area (Å²) in [6.07, 6.45) is 4.15. The highest BCUT2D eigenvalue weighted by Crippen LogP contribution is 2.12. The summed E-state index contributed by atoms with van der Waals surface area (Å²) in [5, 5.41) is 2.76. The van der Waals surface area contributed by atoms with Gasteiger partial charge >= 0.3 is 6.09 Å². The molecule has 116 valence electrons. The average molecular weight is 284 g/mol. The van der Waals surface area contributed by atoms with E-state index in [1.165, 1.54) is 6.42 Å². The Hall–Kier alpha value is -1.26. The van der Waals surface area contributed by atoms with Crippen molar-refractivity contribution < 1.29 is 14.3 Å². The number of likely N-dealkylation sites (tertiary alicyclic amines) is 1. The molecule has 0 aromatic carbocycles. The van der Waals surface area contributed by atoms with Crippen LogP contribution in [0.15, 0.2) is 0 Å². The molecule has 0 bridgehead atoms. The van der Waals surface area contributed by atoms with Crippen molar-refractivity contribution in [3.8, 4) is 0 Å². The maximum atomic E-state index is 12.0. The van der Waals surface area contributed by atoms with E-state index in [0.717, 1.165) is 25.9 Å². The zero-order valence-corrected chi connectivity index (χ0v) is 13.2. The maximum absolute atomic E-state index is 12.0. The highest BCUT2D eigenvalue weighted by molar-refractivity contribution is 5.76. The maximum Gasteiger partial charge on any atom is 0.407 e. The summed E-state index contributed by atoms with van der Waals surface area (Å²) in [6, 6.07) is -0.0569. The summed E-state index contributed by atoms with van der Waals surface area (Å²) in [4.78, 5) is 25.5. The van der Waals surface area contributed by atoms with Crippen LogP contribution in [0.3, 0.4) is 0 Å². The predicted octanol–water partition coefficient (Wildman–Crippen LogP) is 2.69. The molecule has 0 unspecified atom stereocenters. The summed E-state index contributed by atoms with van der Waals surface area (Å²) in [5.74, 6) is 0.197. The molecule has 0 spiro atoms. The number of rotatable bonds is 4. The van der Waals surface area contributed by atoms with Crippen LogP contribution >= 0.6 is 0 Å². The Bertz CT molecular complexity index is 331. The van der Waals surface area contributed by atoms with Crippen molar-refractivity contribution in [3.63, 3.8) is 0 Å². The standard InChI is InChI=1S/C15H28N2O3/c1-12(16-14(19)20-15(2,3)4)8-9-13(18)17-10-6-5-7-11-17/h12H,5-11H2,1-4H3,(H,16,19)/t12-/m0/s1. The van der Waals surface area contributed by atoms with Gasteiger partial charge in [0, 0.05) is 25.6 Å². The van der Waals surface area contributed by atoms with E-state index in [-0.39, 0.29) is 11.9 Å². The molecule has 1 atom stereocenters. The van der Waals surface area contributed by atoms with Gasteiger partial charge in [-0.15, -0.1) is 0 Å². The van der Waals surface area contributed by atoms with Crippen molar-refractivity contribution in [3.05, 3.63) is 0 Å². The normalized spacial score (nSPS) is 17.5. The van der Waals surface area contributed by atoms with E-state index in [1.54, 1.807) is 0 Å². The van der Waals surface area contributed by atoms with Crippen molar-refractivity contribution in [1.29, 1.82) is 0 Å². The van der Waals surface area contributed by atoms with Crippen LogP contribution in [0.25, 0.3) is 0 Å². The van der Waals surface area contributed by atoms with E-state index in [1.807, 2.05) is 32.6 Å². The Kier molecular flexibility index (Phi) is 6.30. The molecule has 1 fully saturated rings. The fourth-order valence-corrected chi connectivity index (χ4v) is 2.22. The third-order valence-electron chi connectivity index (χ3n) is 3.26. The molecule has 5 heteroatoms. The third-order valence-corrected chi connectivity index (χ3v) is 3.26. The zero-order chi connectivity index (χ0) is 15.2. The van der Waals surface area contributed by atoms with Crippen LogP contribution in [-0.4, -0.2) is 41.6 Å². The van der Waals surface area contributed by atoms with Crippen LogP contribution < -0.4 is 5.32 Å². The predicted molar refractivity (Wildman–Crippen MR) is 78.5 cm³/mol. The van der Waals surface area contributed by atoms with E-state index in [2.05, 4.69) is 5.32 Å². The second kappa shape index (κ2) is 7.50. The minimum absolute atomic E-state index is 0.0569. The summed E-state index contributed by atoms with van der Waals surface area (Å²) in [7, 11) is 0. The molecule has 1 N–H and O–H groups in total. The fraction of sp³-hybridized carbons (Fsp3) is 0.867. The van der Waals surface area contributed by atoms with Gasteiger partial charge in [-0.25, -0.2) is 4.79 Å². The molecule has 0 aromatic heterocycles. The first-order valence-corrected chi connectivity index (χ1v) is 7.55. The van der Waals surface area contributed by atoms with Crippen LogP contribution in [-0.2, 0) is 9.53 Å². The molecule has 1 saturated heterocycles. The Morgan fingerprint density at radius 3 is 2.35 bits per heavy atom. The minimum atomic E-state index is -0.493. The van der Waals surface area contributed by atoms with Gasteiger partial charge in [0.2, 0.25) is 5.91 Å². The monoisotopic (exact) mass is 284 g/mol. The number of ether oxygens (including phenoxy) is 1. The molecule has 1 aliphatic heterocycles. The van der Waals surface area contributed by atoms with Gasteiger partial charge in [-0.2, -0.15) is 0 Å². The Morgan fingerprint density at radius 2 is 1.80 bits per heavy atom. The SMILES string of the molecule is C[C@@H](CCC(=O)N1CCCCC1)NC(=O)OC(C)(C)C. The van der Waals surface area contributed by atoms with Gasteiger partial charge in [-0.3, -0.25) is 4.79 Å². The van der Waals surface area contributed by atoms with Crippen LogP contribution in [0.2, 0.25) is 0 Å². The smallest absolute Gasteiger partial charge is 0.407 e. The Balaban J connectivity index is 2.23. The third kappa shape index (κ3) is 6.78. The van der Waals surface area contributed by atoms with Gasteiger partial charge in [0.1, 0.15) is 5.60 Å². The number of nitrogens with zero attached hydrogens (tertiary/aromatic N) is 1. The molecule has 1 aliphatic rings. The number of nitrogens with one attached hydrogen (secondary N) is 1. The molecule has 2 amide bonds. The minimum Gasteiger partial charge on any atom is -0.444 e. The van der Waals surface area contributed by atoms with E-state index < -0.39 is 11.7 Å². The number of piperidine rings is 1. The summed E-state index contributed by atoms with van der Waals surface area (Å²) in [6.45, 7) is 9.15. The molecule has 0 saturated carbocycles. The number of hydrogen-bond acceptors (Lipinski definition) is 3. The van der Waals surface area contributed by atoms with E-state index in [4.69, 9.17) is 4.74 Å². The van der Waals surface area contributed by atoms with Crippen molar-refractivity contribution in [1.82, 2.24) is 10.2 Å².